The Balaban J connectivity index is 1.91. The van der Waals surface area contributed by atoms with E-state index >= 15 is 0 Å². The van der Waals surface area contributed by atoms with Crippen LogP contribution < -0.4 is 0 Å². The molecule has 0 aliphatic heterocycles. The Morgan fingerprint density at radius 2 is 1.88 bits per heavy atom. The van der Waals surface area contributed by atoms with Crippen molar-refractivity contribution in [3.8, 4) is 0 Å². The number of furan rings is 1. The molecule has 4 rings (SSSR count). The minimum absolute atomic E-state index is 0.207. The SMILES string of the molecule is COC(=O)c1cc2c(o1)c1ccccc1n2Cc1ccc(Cl)cc1. The highest BCUT2D eigenvalue weighted by atomic mass is 35.5. The van der Waals surface area contributed by atoms with E-state index in [1.165, 1.54) is 7.11 Å². The highest BCUT2D eigenvalue weighted by Gasteiger charge is 2.19. The number of methoxy groups -OCH3 is 1. The molecule has 0 spiro atoms. The Morgan fingerprint density at radius 3 is 2.62 bits per heavy atom. The quantitative estimate of drug-likeness (QED) is 0.500. The molecule has 0 atom stereocenters. The van der Waals surface area contributed by atoms with E-state index in [4.69, 9.17) is 20.8 Å². The first-order chi connectivity index (χ1) is 11.7. The van der Waals surface area contributed by atoms with Crippen molar-refractivity contribution in [1.82, 2.24) is 4.57 Å². The van der Waals surface area contributed by atoms with Gasteiger partial charge in [-0.2, -0.15) is 0 Å². The van der Waals surface area contributed by atoms with Gasteiger partial charge in [0.1, 0.15) is 0 Å². The number of rotatable bonds is 3. The fourth-order valence-electron chi connectivity index (χ4n) is 2.95. The maximum Gasteiger partial charge on any atom is 0.374 e. The van der Waals surface area contributed by atoms with Crippen LogP contribution in [0.15, 0.2) is 59.0 Å². The fraction of sp³-hybridized carbons (Fsp3) is 0.105. The highest BCUT2D eigenvalue weighted by molar-refractivity contribution is 6.30. The third kappa shape index (κ3) is 2.36. The number of esters is 1. The second-order valence-electron chi connectivity index (χ2n) is 5.55. The molecule has 0 aliphatic rings. The van der Waals surface area contributed by atoms with Gasteiger partial charge < -0.3 is 13.7 Å². The van der Waals surface area contributed by atoms with Crippen molar-refractivity contribution in [1.29, 1.82) is 0 Å². The number of halogens is 1. The van der Waals surface area contributed by atoms with Gasteiger partial charge in [0.25, 0.3) is 0 Å². The van der Waals surface area contributed by atoms with E-state index in [0.717, 1.165) is 22.0 Å². The molecule has 0 saturated heterocycles. The summed E-state index contributed by atoms with van der Waals surface area (Å²) < 4.78 is 12.6. The Labute approximate surface area is 143 Å². The molecular weight excluding hydrogens is 326 g/mol. The van der Waals surface area contributed by atoms with E-state index in [1.807, 2.05) is 48.5 Å². The van der Waals surface area contributed by atoms with Crippen molar-refractivity contribution in [3.05, 3.63) is 70.9 Å². The molecule has 0 saturated carbocycles. The first kappa shape index (κ1) is 14.8. The smallest absolute Gasteiger partial charge is 0.374 e. The molecule has 2 aromatic heterocycles. The van der Waals surface area contributed by atoms with Crippen LogP contribution in [0.25, 0.3) is 22.0 Å². The normalized spacial score (nSPS) is 11.2. The molecular formula is C19H14ClNO3. The zero-order valence-corrected chi connectivity index (χ0v) is 13.7. The second-order valence-corrected chi connectivity index (χ2v) is 5.98. The third-order valence-electron chi connectivity index (χ3n) is 4.08. The minimum Gasteiger partial charge on any atom is -0.463 e. The van der Waals surface area contributed by atoms with Crippen LogP contribution in [-0.4, -0.2) is 17.6 Å². The Bertz CT molecular complexity index is 1040. The van der Waals surface area contributed by atoms with Crippen LogP contribution in [0.5, 0.6) is 0 Å². The van der Waals surface area contributed by atoms with Gasteiger partial charge in [-0.1, -0.05) is 35.9 Å². The lowest BCUT2D eigenvalue weighted by molar-refractivity contribution is 0.0568. The standard InChI is InChI=1S/C19H14ClNO3/c1-23-19(22)17-10-16-18(24-17)14-4-2-3-5-15(14)21(16)11-12-6-8-13(20)9-7-12/h2-10H,11H2,1H3. The maximum atomic E-state index is 11.8. The van der Waals surface area contributed by atoms with E-state index in [0.29, 0.717) is 17.2 Å². The monoisotopic (exact) mass is 339 g/mol. The second kappa shape index (κ2) is 5.73. The van der Waals surface area contributed by atoms with Crippen LogP contribution in [0, 0.1) is 0 Å². The first-order valence-corrected chi connectivity index (χ1v) is 7.88. The highest BCUT2D eigenvalue weighted by Crippen LogP contribution is 2.32. The molecule has 120 valence electrons. The van der Waals surface area contributed by atoms with Gasteiger partial charge in [0.15, 0.2) is 5.58 Å². The van der Waals surface area contributed by atoms with Gasteiger partial charge in [-0.15, -0.1) is 0 Å². The van der Waals surface area contributed by atoms with Crippen molar-refractivity contribution in [2.75, 3.05) is 7.11 Å². The van der Waals surface area contributed by atoms with Gasteiger partial charge in [0.2, 0.25) is 5.76 Å². The number of ether oxygens (including phenoxy) is 1. The van der Waals surface area contributed by atoms with Crippen molar-refractivity contribution in [2.24, 2.45) is 0 Å². The fourth-order valence-corrected chi connectivity index (χ4v) is 3.08. The number of benzene rings is 2. The molecule has 5 heteroatoms. The van der Waals surface area contributed by atoms with Crippen LogP contribution in [-0.2, 0) is 11.3 Å². The molecule has 2 heterocycles. The first-order valence-electron chi connectivity index (χ1n) is 7.51. The van der Waals surface area contributed by atoms with Crippen LogP contribution in [0.1, 0.15) is 16.1 Å². The minimum atomic E-state index is -0.478. The number of hydrogen-bond acceptors (Lipinski definition) is 3. The van der Waals surface area contributed by atoms with E-state index in [9.17, 15) is 4.79 Å². The zero-order valence-electron chi connectivity index (χ0n) is 13.0. The predicted octanol–water partition coefficient (Wildman–Crippen LogP) is 4.88. The number of aromatic nitrogens is 1. The van der Waals surface area contributed by atoms with Gasteiger partial charge >= 0.3 is 5.97 Å². The molecule has 24 heavy (non-hydrogen) atoms. The van der Waals surface area contributed by atoms with Gasteiger partial charge in [-0.3, -0.25) is 0 Å². The molecule has 0 aliphatic carbocycles. The number of fused-ring (bicyclic) bond motifs is 3. The average Bonchev–Trinajstić information content (AvgIpc) is 3.15. The van der Waals surface area contributed by atoms with Gasteiger partial charge in [0, 0.05) is 23.0 Å². The third-order valence-corrected chi connectivity index (χ3v) is 4.34. The summed E-state index contributed by atoms with van der Waals surface area (Å²) in [5, 5.41) is 1.68. The number of carbonyl (C=O) groups is 1. The van der Waals surface area contributed by atoms with E-state index < -0.39 is 5.97 Å². The van der Waals surface area contributed by atoms with Crippen molar-refractivity contribution >= 4 is 39.6 Å². The van der Waals surface area contributed by atoms with Gasteiger partial charge in [-0.25, -0.2) is 4.79 Å². The number of para-hydroxylation sites is 1. The van der Waals surface area contributed by atoms with Crippen LogP contribution in [0.4, 0.5) is 0 Å². The average molecular weight is 340 g/mol. The summed E-state index contributed by atoms with van der Waals surface area (Å²) in [5.41, 5.74) is 3.73. The summed E-state index contributed by atoms with van der Waals surface area (Å²) in [4.78, 5) is 11.8. The summed E-state index contributed by atoms with van der Waals surface area (Å²) in [6, 6.07) is 17.4. The Kier molecular flexibility index (Phi) is 3.54. The molecule has 0 bridgehead atoms. The summed E-state index contributed by atoms with van der Waals surface area (Å²) in [7, 11) is 1.34. The van der Waals surface area contributed by atoms with Crippen molar-refractivity contribution in [2.45, 2.75) is 6.54 Å². The molecule has 4 nitrogen and oxygen atoms in total. The van der Waals surface area contributed by atoms with E-state index in [-0.39, 0.29) is 5.76 Å². The predicted molar refractivity (Wildman–Crippen MR) is 93.6 cm³/mol. The summed E-state index contributed by atoms with van der Waals surface area (Å²) >= 11 is 5.96. The molecule has 2 aromatic carbocycles. The topological polar surface area (TPSA) is 44.4 Å². The molecule has 0 radical (unpaired) electrons. The van der Waals surface area contributed by atoms with E-state index in [1.54, 1.807) is 6.07 Å². The van der Waals surface area contributed by atoms with Crippen molar-refractivity contribution in [3.63, 3.8) is 0 Å². The molecule has 4 aromatic rings. The number of nitrogens with zero attached hydrogens (tertiary/aromatic N) is 1. The summed E-state index contributed by atoms with van der Waals surface area (Å²) in [6.45, 7) is 0.654. The lowest BCUT2D eigenvalue weighted by atomic mass is 10.2. The lowest BCUT2D eigenvalue weighted by Crippen LogP contribution is -2.00. The molecule has 0 N–H and O–H groups in total. The molecule has 0 unspecified atom stereocenters. The van der Waals surface area contributed by atoms with Crippen molar-refractivity contribution < 1.29 is 13.9 Å². The summed E-state index contributed by atoms with van der Waals surface area (Å²) in [6.07, 6.45) is 0. The van der Waals surface area contributed by atoms with Crippen LogP contribution >= 0.6 is 11.6 Å². The molecule has 0 fully saturated rings. The van der Waals surface area contributed by atoms with Gasteiger partial charge in [0.05, 0.1) is 18.1 Å². The Morgan fingerprint density at radius 1 is 1.12 bits per heavy atom. The summed E-state index contributed by atoms with van der Waals surface area (Å²) in [5.74, 6) is -0.272. The molecule has 0 amide bonds. The maximum absolute atomic E-state index is 11.8. The van der Waals surface area contributed by atoms with Gasteiger partial charge in [-0.05, 0) is 29.8 Å². The number of carbonyl (C=O) groups excluding carboxylic acids is 1. The lowest BCUT2D eigenvalue weighted by Gasteiger charge is -2.07. The Hall–Kier alpha value is -2.72. The zero-order chi connectivity index (χ0) is 16.7. The largest absolute Gasteiger partial charge is 0.463 e. The van der Waals surface area contributed by atoms with E-state index in [2.05, 4.69) is 4.57 Å². The number of hydrogen-bond donors (Lipinski definition) is 0. The van der Waals surface area contributed by atoms with Crippen LogP contribution in [0.3, 0.4) is 0 Å². The van der Waals surface area contributed by atoms with Crippen LogP contribution in [0.2, 0.25) is 5.02 Å².